The van der Waals surface area contributed by atoms with E-state index in [9.17, 15) is 21.6 Å². The van der Waals surface area contributed by atoms with E-state index >= 15 is 0 Å². The van der Waals surface area contributed by atoms with Gasteiger partial charge in [-0.1, -0.05) is 0 Å². The van der Waals surface area contributed by atoms with E-state index in [0.29, 0.717) is 23.4 Å². The molecule has 0 radical (unpaired) electrons. The van der Waals surface area contributed by atoms with Crippen LogP contribution in [0.15, 0.2) is 40.9 Å². The number of nitrogens with zero attached hydrogens (tertiary/aromatic N) is 5. The first-order valence-corrected chi connectivity index (χ1v) is 14.0. The summed E-state index contributed by atoms with van der Waals surface area (Å²) in [5, 5.41) is 2.98. The number of benzene rings is 1. The van der Waals surface area contributed by atoms with E-state index in [-0.39, 0.29) is 30.6 Å². The summed E-state index contributed by atoms with van der Waals surface area (Å²) in [5.74, 6) is 0.175. The van der Waals surface area contributed by atoms with Gasteiger partial charge in [-0.2, -0.15) is 17.5 Å². The second kappa shape index (κ2) is 10.2. The molecular formula is C25H29F3N6O3S. The molecule has 1 N–H and O–H groups in total. The van der Waals surface area contributed by atoms with Gasteiger partial charge in [0, 0.05) is 50.3 Å². The van der Waals surface area contributed by atoms with Crippen molar-refractivity contribution < 1.29 is 26.0 Å². The molecule has 13 heteroatoms. The van der Waals surface area contributed by atoms with Crippen LogP contribution in [0, 0.1) is 0 Å². The van der Waals surface area contributed by atoms with Crippen LogP contribution >= 0.6 is 0 Å². The van der Waals surface area contributed by atoms with Gasteiger partial charge < -0.3 is 19.5 Å². The lowest BCUT2D eigenvalue weighted by molar-refractivity contribution is -0.137. The second-order valence-electron chi connectivity index (χ2n) is 9.46. The van der Waals surface area contributed by atoms with Crippen molar-refractivity contribution in [1.82, 2.24) is 19.2 Å². The van der Waals surface area contributed by atoms with Crippen LogP contribution in [0.1, 0.15) is 23.8 Å². The zero-order valence-electron chi connectivity index (χ0n) is 21.1. The van der Waals surface area contributed by atoms with Crippen LogP contribution < -0.4 is 10.2 Å². The Labute approximate surface area is 219 Å². The third-order valence-electron chi connectivity index (χ3n) is 6.92. The normalized spacial score (nSPS) is 17.4. The summed E-state index contributed by atoms with van der Waals surface area (Å²) in [7, 11) is -1.36. The van der Waals surface area contributed by atoms with Crippen LogP contribution in [0.25, 0.3) is 11.5 Å². The van der Waals surface area contributed by atoms with Gasteiger partial charge in [0.2, 0.25) is 16.0 Å². The Morgan fingerprint density at radius 1 is 1.08 bits per heavy atom. The number of hydrogen-bond donors (Lipinski definition) is 1. The highest BCUT2D eigenvalue weighted by atomic mass is 32.2. The minimum Gasteiger partial charge on any atom is -0.458 e. The molecule has 2 aliphatic rings. The number of fused-ring (bicyclic) bond motifs is 1. The molecular weight excluding hydrogens is 521 g/mol. The van der Waals surface area contributed by atoms with Crippen molar-refractivity contribution in [1.29, 1.82) is 0 Å². The maximum atomic E-state index is 13.8. The maximum absolute atomic E-state index is 13.8. The minimum atomic E-state index is -4.71. The van der Waals surface area contributed by atoms with Crippen LogP contribution in [-0.4, -0.2) is 73.1 Å². The lowest BCUT2D eigenvalue weighted by Gasteiger charge is -2.34. The van der Waals surface area contributed by atoms with Gasteiger partial charge in [0.25, 0.3) is 0 Å². The predicted octanol–water partition coefficient (Wildman–Crippen LogP) is 3.96. The zero-order valence-corrected chi connectivity index (χ0v) is 21.9. The average Bonchev–Trinajstić information content (AvgIpc) is 3.33. The molecule has 9 nitrogen and oxygen atoms in total. The number of hydrogen-bond acceptors (Lipinski definition) is 8. The van der Waals surface area contributed by atoms with Gasteiger partial charge in [0.15, 0.2) is 5.76 Å². The van der Waals surface area contributed by atoms with Crippen molar-refractivity contribution in [2.45, 2.75) is 26.1 Å². The van der Waals surface area contributed by atoms with Crippen molar-refractivity contribution in [3.05, 3.63) is 53.4 Å². The Balaban J connectivity index is 1.40. The molecule has 0 aliphatic carbocycles. The van der Waals surface area contributed by atoms with E-state index in [4.69, 9.17) is 4.42 Å². The highest BCUT2D eigenvalue weighted by Gasteiger charge is 2.37. The van der Waals surface area contributed by atoms with E-state index in [1.54, 1.807) is 6.92 Å². The molecule has 0 spiro atoms. The summed E-state index contributed by atoms with van der Waals surface area (Å²) in [6, 6.07) is 9.09. The first kappa shape index (κ1) is 26.4. The first-order chi connectivity index (χ1) is 18.0. The summed E-state index contributed by atoms with van der Waals surface area (Å²) < 4.78 is 73.1. The fourth-order valence-corrected chi connectivity index (χ4v) is 5.67. The number of sulfonamides is 1. The summed E-state index contributed by atoms with van der Waals surface area (Å²) in [5.41, 5.74) is 0.940. The van der Waals surface area contributed by atoms with Gasteiger partial charge in [-0.25, -0.2) is 18.4 Å². The average molecular weight is 551 g/mol. The number of likely N-dealkylation sites (N-methyl/N-ethyl adjacent to an activating group) is 1. The Kier molecular flexibility index (Phi) is 7.09. The molecule has 4 heterocycles. The number of halogens is 3. The van der Waals surface area contributed by atoms with Gasteiger partial charge in [-0.15, -0.1) is 0 Å². The van der Waals surface area contributed by atoms with Gasteiger partial charge >= 0.3 is 6.18 Å². The van der Waals surface area contributed by atoms with E-state index in [1.807, 2.05) is 24.3 Å². The van der Waals surface area contributed by atoms with Crippen molar-refractivity contribution in [3.8, 4) is 11.5 Å². The number of nitrogens with one attached hydrogen (secondary N) is 1. The van der Waals surface area contributed by atoms with Crippen molar-refractivity contribution in [3.63, 3.8) is 0 Å². The van der Waals surface area contributed by atoms with Crippen molar-refractivity contribution >= 4 is 27.3 Å². The molecule has 0 unspecified atom stereocenters. The number of furan rings is 1. The molecule has 2 aliphatic heterocycles. The predicted molar refractivity (Wildman–Crippen MR) is 138 cm³/mol. The lowest BCUT2D eigenvalue weighted by Crippen LogP contribution is -2.44. The van der Waals surface area contributed by atoms with E-state index in [0.717, 1.165) is 38.1 Å². The number of aromatic nitrogens is 2. The van der Waals surface area contributed by atoms with Crippen LogP contribution in [0.2, 0.25) is 0 Å². The topological polar surface area (TPSA) is 94.8 Å². The Hall–Kier alpha value is -3.16. The third kappa shape index (κ3) is 5.49. The maximum Gasteiger partial charge on any atom is 0.420 e. The SMILES string of the molecule is CCS(=O)(=O)N1CCc2cc(-c3nc(Nc4ccc(N5CCN(C)CC5)cc4)ncc3C(F)(F)F)oc2C1. The molecule has 2 aromatic heterocycles. The number of piperazine rings is 1. The minimum absolute atomic E-state index is 0.00935. The zero-order chi connectivity index (χ0) is 27.1. The summed E-state index contributed by atoms with van der Waals surface area (Å²) in [4.78, 5) is 12.6. The smallest absolute Gasteiger partial charge is 0.420 e. The molecule has 1 fully saturated rings. The molecule has 1 aromatic carbocycles. The standard InChI is InChI=1S/C25H29F3N6O3S/c1-3-38(35,36)34-9-8-17-14-21(37-22(17)16-34)23-20(25(26,27)28)15-29-24(31-23)30-18-4-6-19(7-5-18)33-12-10-32(2)11-13-33/h4-7,14-15H,3,8-13,16H2,1-2H3,(H,29,30,31). The summed E-state index contributed by atoms with van der Waals surface area (Å²) in [6.07, 6.45) is -3.63. The van der Waals surface area contributed by atoms with Crippen LogP contribution in [-0.2, 0) is 29.2 Å². The third-order valence-corrected chi connectivity index (χ3v) is 8.75. The molecule has 0 saturated carbocycles. The molecule has 38 heavy (non-hydrogen) atoms. The Bertz CT molecular complexity index is 1400. The van der Waals surface area contributed by atoms with Crippen LogP contribution in [0.4, 0.5) is 30.5 Å². The number of alkyl halides is 3. The van der Waals surface area contributed by atoms with Gasteiger partial charge in [-0.05, 0) is 56.3 Å². The summed E-state index contributed by atoms with van der Waals surface area (Å²) >= 11 is 0. The highest BCUT2D eigenvalue weighted by molar-refractivity contribution is 7.89. The Morgan fingerprint density at radius 3 is 2.45 bits per heavy atom. The van der Waals surface area contributed by atoms with Gasteiger partial charge in [0.05, 0.1) is 12.3 Å². The summed E-state index contributed by atoms with van der Waals surface area (Å²) in [6.45, 7) is 5.56. The van der Waals surface area contributed by atoms with Crippen LogP contribution in [0.3, 0.4) is 0 Å². The van der Waals surface area contributed by atoms with Crippen LogP contribution in [0.5, 0.6) is 0 Å². The molecule has 0 bridgehead atoms. The number of rotatable bonds is 6. The van der Waals surface area contributed by atoms with E-state index in [2.05, 4.69) is 32.1 Å². The first-order valence-electron chi connectivity index (χ1n) is 12.4. The van der Waals surface area contributed by atoms with Crippen molar-refractivity contribution in [2.24, 2.45) is 0 Å². The van der Waals surface area contributed by atoms with Gasteiger partial charge in [0.1, 0.15) is 17.0 Å². The fraction of sp³-hybridized carbons (Fsp3) is 0.440. The largest absolute Gasteiger partial charge is 0.458 e. The fourth-order valence-electron chi connectivity index (χ4n) is 4.62. The highest BCUT2D eigenvalue weighted by Crippen LogP contribution is 2.39. The van der Waals surface area contributed by atoms with Gasteiger partial charge in [-0.3, -0.25) is 0 Å². The number of anilines is 3. The molecule has 0 amide bonds. The van der Waals surface area contributed by atoms with Crippen molar-refractivity contribution in [2.75, 3.05) is 55.7 Å². The van der Waals surface area contributed by atoms with E-state index < -0.39 is 27.5 Å². The molecule has 5 rings (SSSR count). The molecule has 0 atom stereocenters. The monoisotopic (exact) mass is 550 g/mol. The Morgan fingerprint density at radius 2 is 1.79 bits per heavy atom. The quantitative estimate of drug-likeness (QED) is 0.493. The molecule has 3 aromatic rings. The second-order valence-corrected chi connectivity index (χ2v) is 11.7. The molecule has 1 saturated heterocycles. The lowest BCUT2D eigenvalue weighted by atomic mass is 10.1. The van der Waals surface area contributed by atoms with E-state index in [1.165, 1.54) is 10.4 Å². The molecule has 204 valence electrons.